The molecule has 100 valence electrons. The molecule has 2 rings (SSSR count). The van der Waals surface area contributed by atoms with Gasteiger partial charge < -0.3 is 15.0 Å². The summed E-state index contributed by atoms with van der Waals surface area (Å²) in [5.41, 5.74) is 0. The fraction of sp³-hybridized carbons (Fsp3) is 1.00. The second kappa shape index (κ2) is 6.72. The number of hydrogen-bond donors (Lipinski definition) is 1. The maximum Gasteiger partial charge on any atom is 0.0489 e. The quantitative estimate of drug-likeness (QED) is 0.656. The van der Waals surface area contributed by atoms with E-state index >= 15 is 0 Å². The van der Waals surface area contributed by atoms with Gasteiger partial charge in [-0.15, -0.1) is 0 Å². The zero-order valence-corrected chi connectivity index (χ0v) is 11.5. The molecule has 1 saturated heterocycles. The molecule has 17 heavy (non-hydrogen) atoms. The first-order valence-corrected chi connectivity index (χ1v) is 7.30. The predicted molar refractivity (Wildman–Crippen MR) is 71.3 cm³/mol. The van der Waals surface area contributed by atoms with E-state index in [4.69, 9.17) is 4.74 Å². The van der Waals surface area contributed by atoms with Crippen molar-refractivity contribution in [3.05, 3.63) is 0 Å². The Morgan fingerprint density at radius 1 is 1.24 bits per heavy atom. The number of rotatable bonds is 8. The lowest BCUT2D eigenvalue weighted by atomic mass is 10.2. The molecule has 0 radical (unpaired) electrons. The minimum absolute atomic E-state index is 0.661. The summed E-state index contributed by atoms with van der Waals surface area (Å²) in [7, 11) is 0. The minimum atomic E-state index is 0.661. The van der Waals surface area contributed by atoms with Crippen molar-refractivity contribution in [2.75, 3.05) is 32.8 Å². The van der Waals surface area contributed by atoms with Crippen LogP contribution in [0, 0.1) is 5.92 Å². The highest BCUT2D eigenvalue weighted by Crippen LogP contribution is 2.21. The molecule has 1 saturated carbocycles. The molecule has 0 aromatic rings. The Morgan fingerprint density at radius 2 is 2.06 bits per heavy atom. The molecule has 2 aliphatic rings. The standard InChI is InChI=1S/C14H28N2O/c1-12(2)11-17-9-3-7-16-8-6-14(10-16)15-13-4-5-13/h12-15H,3-11H2,1-2H3. The van der Waals surface area contributed by atoms with E-state index in [2.05, 4.69) is 24.1 Å². The van der Waals surface area contributed by atoms with Crippen LogP contribution in [-0.4, -0.2) is 49.8 Å². The lowest BCUT2D eigenvalue weighted by Gasteiger charge is -2.16. The molecule has 1 N–H and O–H groups in total. The van der Waals surface area contributed by atoms with Crippen LogP contribution in [0.4, 0.5) is 0 Å². The molecule has 1 atom stereocenters. The molecule has 2 fully saturated rings. The van der Waals surface area contributed by atoms with E-state index in [9.17, 15) is 0 Å². The molecule has 0 aromatic heterocycles. The highest BCUT2D eigenvalue weighted by molar-refractivity contribution is 4.89. The Kier molecular flexibility index (Phi) is 5.26. The first-order valence-electron chi connectivity index (χ1n) is 7.30. The Bertz CT molecular complexity index is 216. The van der Waals surface area contributed by atoms with Gasteiger partial charge in [0.2, 0.25) is 0 Å². The van der Waals surface area contributed by atoms with Crippen molar-refractivity contribution >= 4 is 0 Å². The maximum absolute atomic E-state index is 5.61. The zero-order valence-electron chi connectivity index (χ0n) is 11.5. The Hall–Kier alpha value is -0.120. The van der Waals surface area contributed by atoms with Gasteiger partial charge in [-0.3, -0.25) is 0 Å². The molecule has 0 aromatic carbocycles. The zero-order chi connectivity index (χ0) is 12.1. The molecular weight excluding hydrogens is 212 g/mol. The average Bonchev–Trinajstić information content (AvgIpc) is 2.97. The summed E-state index contributed by atoms with van der Waals surface area (Å²) in [6, 6.07) is 1.62. The monoisotopic (exact) mass is 240 g/mol. The summed E-state index contributed by atoms with van der Waals surface area (Å²) in [6.45, 7) is 9.97. The largest absolute Gasteiger partial charge is 0.381 e. The van der Waals surface area contributed by atoms with Gasteiger partial charge in [-0.25, -0.2) is 0 Å². The smallest absolute Gasteiger partial charge is 0.0489 e. The number of nitrogens with one attached hydrogen (secondary N) is 1. The molecule has 3 nitrogen and oxygen atoms in total. The third-order valence-corrected chi connectivity index (χ3v) is 3.54. The molecule has 1 aliphatic carbocycles. The molecule has 1 aliphatic heterocycles. The van der Waals surface area contributed by atoms with Gasteiger partial charge in [-0.1, -0.05) is 13.8 Å². The van der Waals surface area contributed by atoms with Crippen molar-refractivity contribution in [3.63, 3.8) is 0 Å². The summed E-state index contributed by atoms with van der Waals surface area (Å²) >= 11 is 0. The Balaban J connectivity index is 1.46. The molecular formula is C14H28N2O. The third-order valence-electron chi connectivity index (χ3n) is 3.54. The van der Waals surface area contributed by atoms with Gasteiger partial charge in [0.25, 0.3) is 0 Å². The van der Waals surface area contributed by atoms with Crippen molar-refractivity contribution in [1.29, 1.82) is 0 Å². The minimum Gasteiger partial charge on any atom is -0.381 e. The van der Waals surface area contributed by atoms with E-state index in [-0.39, 0.29) is 0 Å². The summed E-state index contributed by atoms with van der Waals surface area (Å²) in [6.07, 6.45) is 5.32. The molecule has 0 amide bonds. The van der Waals surface area contributed by atoms with Crippen LogP contribution >= 0.6 is 0 Å². The van der Waals surface area contributed by atoms with Crippen LogP contribution in [0.1, 0.15) is 39.5 Å². The van der Waals surface area contributed by atoms with Crippen molar-refractivity contribution in [1.82, 2.24) is 10.2 Å². The third kappa shape index (κ3) is 5.36. The van der Waals surface area contributed by atoms with Crippen LogP contribution in [0.25, 0.3) is 0 Å². The molecule has 0 bridgehead atoms. The van der Waals surface area contributed by atoms with Gasteiger partial charge in [0.05, 0.1) is 0 Å². The van der Waals surface area contributed by atoms with E-state index in [0.717, 1.165) is 25.3 Å². The fourth-order valence-electron chi connectivity index (χ4n) is 2.46. The van der Waals surface area contributed by atoms with Crippen molar-refractivity contribution in [2.45, 2.75) is 51.6 Å². The summed E-state index contributed by atoms with van der Waals surface area (Å²) < 4.78 is 5.61. The van der Waals surface area contributed by atoms with E-state index in [0.29, 0.717) is 5.92 Å². The lowest BCUT2D eigenvalue weighted by Crippen LogP contribution is -2.34. The van der Waals surface area contributed by atoms with Gasteiger partial charge in [0.15, 0.2) is 0 Å². The van der Waals surface area contributed by atoms with Crippen LogP contribution in [0.15, 0.2) is 0 Å². The van der Waals surface area contributed by atoms with E-state index in [1.54, 1.807) is 0 Å². The molecule has 3 heteroatoms. The molecule has 1 heterocycles. The summed E-state index contributed by atoms with van der Waals surface area (Å²) in [5, 5.41) is 3.73. The summed E-state index contributed by atoms with van der Waals surface area (Å²) in [4.78, 5) is 2.58. The Labute approximate surface area is 106 Å². The highest BCUT2D eigenvalue weighted by Gasteiger charge is 2.28. The van der Waals surface area contributed by atoms with Crippen molar-refractivity contribution in [3.8, 4) is 0 Å². The van der Waals surface area contributed by atoms with Gasteiger partial charge in [0.1, 0.15) is 0 Å². The van der Waals surface area contributed by atoms with Crippen LogP contribution in [-0.2, 0) is 4.74 Å². The second-order valence-electron chi connectivity index (χ2n) is 6.05. The molecule has 1 unspecified atom stereocenters. The van der Waals surface area contributed by atoms with Crippen LogP contribution in [0.2, 0.25) is 0 Å². The first kappa shape index (κ1) is 13.3. The molecule has 0 spiro atoms. The number of hydrogen-bond acceptors (Lipinski definition) is 3. The average molecular weight is 240 g/mol. The van der Waals surface area contributed by atoms with Crippen LogP contribution in [0.5, 0.6) is 0 Å². The predicted octanol–water partition coefficient (Wildman–Crippen LogP) is 1.88. The van der Waals surface area contributed by atoms with E-state index in [1.807, 2.05) is 0 Å². The van der Waals surface area contributed by atoms with Crippen molar-refractivity contribution < 1.29 is 4.74 Å². The van der Waals surface area contributed by atoms with E-state index < -0.39 is 0 Å². The van der Waals surface area contributed by atoms with Crippen molar-refractivity contribution in [2.24, 2.45) is 5.92 Å². The fourth-order valence-corrected chi connectivity index (χ4v) is 2.46. The summed E-state index contributed by atoms with van der Waals surface area (Å²) in [5.74, 6) is 0.661. The first-order chi connectivity index (χ1) is 8.24. The lowest BCUT2D eigenvalue weighted by molar-refractivity contribution is 0.101. The number of nitrogens with zero attached hydrogens (tertiary/aromatic N) is 1. The topological polar surface area (TPSA) is 24.5 Å². The second-order valence-corrected chi connectivity index (χ2v) is 6.05. The van der Waals surface area contributed by atoms with E-state index in [1.165, 1.54) is 45.3 Å². The van der Waals surface area contributed by atoms with Gasteiger partial charge >= 0.3 is 0 Å². The Morgan fingerprint density at radius 3 is 2.76 bits per heavy atom. The van der Waals surface area contributed by atoms with Crippen LogP contribution in [0.3, 0.4) is 0 Å². The van der Waals surface area contributed by atoms with Crippen LogP contribution < -0.4 is 5.32 Å². The number of ether oxygens (including phenoxy) is 1. The maximum atomic E-state index is 5.61. The normalized spacial score (nSPS) is 25.9. The number of likely N-dealkylation sites (tertiary alicyclic amines) is 1. The SMILES string of the molecule is CC(C)COCCCN1CCC(NC2CC2)C1. The highest BCUT2D eigenvalue weighted by atomic mass is 16.5. The van der Waals surface area contributed by atoms with Gasteiger partial charge in [0, 0.05) is 38.4 Å². The van der Waals surface area contributed by atoms with Gasteiger partial charge in [-0.2, -0.15) is 0 Å². The van der Waals surface area contributed by atoms with Gasteiger partial charge in [-0.05, 0) is 38.1 Å².